The number of nitrogens with one attached hydrogen (secondary N) is 2. The normalized spacial score (nSPS) is 45.1. The summed E-state index contributed by atoms with van der Waals surface area (Å²) in [4.78, 5) is 36.9. The van der Waals surface area contributed by atoms with Crippen LogP contribution in [0, 0.1) is 0 Å². The molecule has 0 radical (unpaired) electrons. The predicted octanol–water partition coefficient (Wildman–Crippen LogP) is -10.3. The van der Waals surface area contributed by atoms with Crippen molar-refractivity contribution in [3.05, 3.63) is 0 Å². The minimum atomic E-state index is -3.12. The van der Waals surface area contributed by atoms with Crippen LogP contribution < -0.4 is 10.6 Å². The van der Waals surface area contributed by atoms with Gasteiger partial charge in [-0.05, 0) is 0 Å². The number of hydrogen-bond donors (Lipinski definition) is 16. The maximum absolute atomic E-state index is 12.8. The summed E-state index contributed by atoms with van der Waals surface area (Å²) in [5, 5.41) is 151. The Morgan fingerprint density at radius 2 is 1.21 bits per heavy atom. The van der Waals surface area contributed by atoms with Crippen molar-refractivity contribution in [2.75, 3.05) is 26.4 Å². The third-order valence-corrected chi connectivity index (χ3v) is 9.98. The first-order valence-corrected chi connectivity index (χ1v) is 17.7. The molecule has 4 rings (SSSR count). The molecule has 26 heteroatoms. The number of carboxylic acid groups (broad SMARTS) is 1. The summed E-state index contributed by atoms with van der Waals surface area (Å²) in [6.45, 7) is -1.98. The van der Waals surface area contributed by atoms with Crippen LogP contribution in [0.4, 0.5) is 0 Å². The summed E-state index contributed by atoms with van der Waals surface area (Å²) in [6.07, 6.45) is -36.2. The molecule has 0 aliphatic carbocycles. The summed E-state index contributed by atoms with van der Waals surface area (Å²) in [5.41, 5.74) is 0. The van der Waals surface area contributed by atoms with E-state index < -0.39 is 179 Å². The van der Waals surface area contributed by atoms with Crippen LogP contribution in [0.3, 0.4) is 0 Å². The fourth-order valence-corrected chi connectivity index (χ4v) is 7.05. The second-order valence-electron chi connectivity index (χ2n) is 14.0. The number of carbonyl (C=O) groups excluding carboxylic acids is 2. The molecule has 0 aromatic heterocycles. The van der Waals surface area contributed by atoms with E-state index in [-0.39, 0.29) is 0 Å². The SMILES string of the molecule is CC(=O)N[C@H]1[C@H](O[C@@H]2[C@@H](O)[C@H](O)O[C@H](CO)[C@@H]2O)O[C@H](CO)[C@@H](O[C@@H]2O[C@H](CO)[C@H](O)[C@H](O[C@]3(C(=O)O)C[C@H](O)[C@@H](NC(C)=O)[C@H]([C@H](O)[C@H](O)CO)O3)[C@H]2O)[C@@H]1O. The van der Waals surface area contributed by atoms with E-state index in [1.807, 2.05) is 0 Å². The molecule has 0 aromatic carbocycles. The molecule has 57 heavy (non-hydrogen) atoms. The summed E-state index contributed by atoms with van der Waals surface area (Å²) in [6, 6.07) is -3.30. The second-order valence-corrected chi connectivity index (χ2v) is 14.0. The Hall–Kier alpha value is -2.39. The fraction of sp³-hybridized carbons (Fsp3) is 0.903. The molecule has 0 spiro atoms. The van der Waals surface area contributed by atoms with Crippen LogP contribution >= 0.6 is 0 Å². The number of carboxylic acids is 1. The van der Waals surface area contributed by atoms with E-state index in [4.69, 9.17) is 33.2 Å². The Kier molecular flexibility index (Phi) is 16.4. The molecule has 4 saturated heterocycles. The fourth-order valence-electron chi connectivity index (χ4n) is 7.05. The highest BCUT2D eigenvalue weighted by Gasteiger charge is 2.60. The third-order valence-electron chi connectivity index (χ3n) is 9.98. The van der Waals surface area contributed by atoms with E-state index in [0.29, 0.717) is 0 Å². The van der Waals surface area contributed by atoms with Gasteiger partial charge in [-0.2, -0.15) is 0 Å². The van der Waals surface area contributed by atoms with E-state index in [9.17, 15) is 85.9 Å². The highest BCUT2D eigenvalue weighted by molar-refractivity contribution is 5.76. The molecule has 0 unspecified atom stereocenters. The monoisotopic (exact) mass is 836 g/mol. The van der Waals surface area contributed by atoms with Gasteiger partial charge in [-0.3, -0.25) is 9.59 Å². The lowest BCUT2D eigenvalue weighted by Gasteiger charge is -2.51. The summed E-state index contributed by atoms with van der Waals surface area (Å²) < 4.78 is 38.8. The minimum Gasteiger partial charge on any atom is -0.477 e. The van der Waals surface area contributed by atoms with Gasteiger partial charge in [0.25, 0.3) is 5.79 Å². The van der Waals surface area contributed by atoms with Crippen molar-refractivity contribution in [3.63, 3.8) is 0 Å². The van der Waals surface area contributed by atoms with Crippen LogP contribution in [0.25, 0.3) is 0 Å². The Morgan fingerprint density at radius 3 is 1.75 bits per heavy atom. The Morgan fingerprint density at radius 1 is 0.684 bits per heavy atom. The van der Waals surface area contributed by atoms with Gasteiger partial charge in [0, 0.05) is 20.3 Å². The number of hydrogen-bond acceptors (Lipinski definition) is 23. The van der Waals surface area contributed by atoms with Crippen LogP contribution in [-0.2, 0) is 47.5 Å². The number of carbonyl (C=O) groups is 3. The van der Waals surface area contributed by atoms with Crippen molar-refractivity contribution < 1.29 is 119 Å². The first kappa shape index (κ1) is 47.3. The molecular weight excluding hydrogens is 784 g/mol. The summed E-state index contributed by atoms with van der Waals surface area (Å²) in [5.74, 6) is -6.74. The highest BCUT2D eigenvalue weighted by Crippen LogP contribution is 2.39. The number of aliphatic carboxylic acids is 1. The predicted molar refractivity (Wildman–Crippen MR) is 174 cm³/mol. The molecule has 16 N–H and O–H groups in total. The first-order chi connectivity index (χ1) is 26.7. The average Bonchev–Trinajstić information content (AvgIpc) is 3.16. The molecule has 0 bridgehead atoms. The number of aliphatic hydroxyl groups is 13. The van der Waals surface area contributed by atoms with Crippen molar-refractivity contribution in [2.45, 2.75) is 149 Å². The van der Waals surface area contributed by atoms with E-state index in [1.54, 1.807) is 0 Å². The largest absolute Gasteiger partial charge is 0.477 e. The second kappa shape index (κ2) is 19.8. The van der Waals surface area contributed by atoms with E-state index in [0.717, 1.165) is 13.8 Å². The molecule has 4 heterocycles. The zero-order valence-electron chi connectivity index (χ0n) is 30.4. The van der Waals surface area contributed by atoms with Gasteiger partial charge in [-0.15, -0.1) is 0 Å². The van der Waals surface area contributed by atoms with Crippen LogP contribution in [0.15, 0.2) is 0 Å². The van der Waals surface area contributed by atoms with Crippen LogP contribution in [0.2, 0.25) is 0 Å². The summed E-state index contributed by atoms with van der Waals surface area (Å²) in [7, 11) is 0. The molecule has 4 fully saturated rings. The zero-order valence-corrected chi connectivity index (χ0v) is 30.4. The molecule has 330 valence electrons. The van der Waals surface area contributed by atoms with Crippen molar-refractivity contribution in [2.24, 2.45) is 0 Å². The van der Waals surface area contributed by atoms with Crippen LogP contribution in [0.1, 0.15) is 20.3 Å². The van der Waals surface area contributed by atoms with Crippen molar-refractivity contribution >= 4 is 17.8 Å². The average molecular weight is 837 g/mol. The summed E-state index contributed by atoms with van der Waals surface area (Å²) >= 11 is 0. The Labute approximate surface area is 322 Å². The number of amides is 2. The number of rotatable bonds is 15. The highest BCUT2D eigenvalue weighted by atomic mass is 16.8. The molecule has 2 amide bonds. The number of ether oxygens (including phenoxy) is 7. The van der Waals surface area contributed by atoms with Crippen molar-refractivity contribution in [1.82, 2.24) is 10.6 Å². The van der Waals surface area contributed by atoms with E-state index in [2.05, 4.69) is 10.6 Å². The topological polar surface area (TPSA) is 423 Å². The van der Waals surface area contributed by atoms with Crippen molar-refractivity contribution in [3.8, 4) is 0 Å². The van der Waals surface area contributed by atoms with Gasteiger partial charge in [-0.1, -0.05) is 0 Å². The molecule has 4 aliphatic heterocycles. The van der Waals surface area contributed by atoms with Crippen LogP contribution in [0.5, 0.6) is 0 Å². The standard InChI is InChI=1S/C31H52N2O24/c1-8(38)32-15-10(40)3-31(30(49)50,56-24(15)17(42)11(41)4-34)57-26-19(44)13(6-36)52-29(22(26)47)54-23-14(7-37)53-28(16(20(23)45)33-9(2)39)55-25-18(43)12(5-35)51-27(48)21(25)46/h10-29,34-37,40-48H,3-7H2,1-2H3,(H,32,38)(H,33,39)(H,49,50)/t10-,11+,12+,13+,14+,15+,16+,17+,18-,19-,20+,21+,22+,23+,24+,25-,26-,27+,28-,29-,31-/m0/s1. The Bertz CT molecular complexity index is 1350. The Balaban J connectivity index is 1.63. The first-order valence-electron chi connectivity index (χ1n) is 17.7. The van der Waals surface area contributed by atoms with Gasteiger partial charge < -0.3 is 115 Å². The van der Waals surface area contributed by atoms with Gasteiger partial charge in [0.05, 0.1) is 38.6 Å². The van der Waals surface area contributed by atoms with Gasteiger partial charge in [0.2, 0.25) is 11.8 Å². The quantitative estimate of drug-likeness (QED) is 0.0728. The minimum absolute atomic E-state index is 0.787. The zero-order chi connectivity index (χ0) is 42.7. The lowest BCUT2D eigenvalue weighted by Crippen LogP contribution is -2.71. The molecule has 4 aliphatic rings. The third kappa shape index (κ3) is 10.2. The molecule has 21 atom stereocenters. The van der Waals surface area contributed by atoms with Gasteiger partial charge in [0.1, 0.15) is 91.5 Å². The molecule has 0 aromatic rings. The van der Waals surface area contributed by atoms with Crippen LogP contribution in [-0.4, -0.2) is 244 Å². The van der Waals surface area contributed by atoms with Gasteiger partial charge >= 0.3 is 5.97 Å². The maximum atomic E-state index is 12.8. The van der Waals surface area contributed by atoms with Gasteiger partial charge in [-0.25, -0.2) is 4.79 Å². The lowest BCUT2D eigenvalue weighted by molar-refractivity contribution is -0.386. The molecule has 26 nitrogen and oxygen atoms in total. The molecule has 0 saturated carbocycles. The molecular formula is C31H52N2O24. The van der Waals surface area contributed by atoms with E-state index >= 15 is 0 Å². The van der Waals surface area contributed by atoms with E-state index in [1.165, 1.54) is 0 Å². The van der Waals surface area contributed by atoms with Gasteiger partial charge in [0.15, 0.2) is 18.9 Å². The number of aliphatic hydroxyl groups excluding tert-OH is 13. The van der Waals surface area contributed by atoms with Crippen molar-refractivity contribution in [1.29, 1.82) is 0 Å². The lowest BCUT2D eigenvalue weighted by atomic mass is 9.88. The smallest absolute Gasteiger partial charge is 0.364 e. The maximum Gasteiger partial charge on any atom is 0.364 e.